The molecule has 0 spiro atoms. The molecule has 114 valence electrons. The molecule has 1 aromatic heterocycles. The molecule has 6 nitrogen and oxygen atoms in total. The number of likely N-dealkylation sites (tertiary alicyclic amines) is 1. The monoisotopic (exact) mass is 291 g/mol. The summed E-state index contributed by atoms with van der Waals surface area (Å²) >= 11 is 0. The fourth-order valence-electron chi connectivity index (χ4n) is 2.90. The number of rotatable bonds is 3. The third kappa shape index (κ3) is 3.50. The normalized spacial score (nSPS) is 23.3. The largest absolute Gasteiger partial charge is 0.472 e. The molecule has 2 saturated heterocycles. The predicted molar refractivity (Wildman–Crippen MR) is 75.9 cm³/mol. The van der Waals surface area contributed by atoms with Gasteiger partial charge in [-0.15, -0.1) is 0 Å². The van der Waals surface area contributed by atoms with E-state index >= 15 is 0 Å². The molecule has 3 rings (SSSR count). The predicted octanol–water partition coefficient (Wildman–Crippen LogP) is 1.19. The van der Waals surface area contributed by atoms with E-state index in [2.05, 4.69) is 9.97 Å². The minimum absolute atomic E-state index is 0.0306. The van der Waals surface area contributed by atoms with Crippen molar-refractivity contribution < 1.29 is 14.3 Å². The molecule has 1 amide bonds. The first-order valence-electron chi connectivity index (χ1n) is 7.55. The Morgan fingerprint density at radius 2 is 2.19 bits per heavy atom. The van der Waals surface area contributed by atoms with Crippen molar-refractivity contribution in [3.63, 3.8) is 0 Å². The van der Waals surface area contributed by atoms with Crippen LogP contribution in [0.5, 0.6) is 5.88 Å². The minimum atomic E-state index is 0.0306. The van der Waals surface area contributed by atoms with E-state index in [4.69, 9.17) is 9.47 Å². The van der Waals surface area contributed by atoms with Crippen LogP contribution in [-0.4, -0.2) is 53.2 Å². The highest BCUT2D eigenvalue weighted by atomic mass is 16.5. The summed E-state index contributed by atoms with van der Waals surface area (Å²) in [6.45, 7) is 4.65. The first-order valence-corrected chi connectivity index (χ1v) is 7.55. The maximum Gasteiger partial charge on any atom is 0.225 e. The molecular weight excluding hydrogens is 270 g/mol. The third-order valence-electron chi connectivity index (χ3n) is 4.07. The first-order chi connectivity index (χ1) is 10.2. The Labute approximate surface area is 124 Å². The standard InChI is InChI=1S/C15H21N3O3/c1-11-16-6-2-14(17-11)21-13-3-7-18(10-13)15(19)12-4-8-20-9-5-12/h2,6,12-13H,3-5,7-10H2,1H3. The van der Waals surface area contributed by atoms with Crippen molar-refractivity contribution in [2.45, 2.75) is 32.3 Å². The number of aryl methyl sites for hydroxylation is 1. The van der Waals surface area contributed by atoms with Gasteiger partial charge < -0.3 is 14.4 Å². The SMILES string of the molecule is Cc1nccc(OC2CCN(C(=O)C3CCOCC3)C2)n1. The topological polar surface area (TPSA) is 64.5 Å². The lowest BCUT2D eigenvalue weighted by Crippen LogP contribution is -2.38. The fraction of sp³-hybridized carbons (Fsp3) is 0.667. The van der Waals surface area contributed by atoms with Crippen molar-refractivity contribution in [1.82, 2.24) is 14.9 Å². The second kappa shape index (κ2) is 6.39. The number of hydrogen-bond acceptors (Lipinski definition) is 5. The summed E-state index contributed by atoms with van der Waals surface area (Å²) < 4.78 is 11.2. The highest BCUT2D eigenvalue weighted by Gasteiger charge is 2.32. The molecular formula is C15H21N3O3. The van der Waals surface area contributed by atoms with Crippen LogP contribution in [0, 0.1) is 12.8 Å². The molecule has 0 saturated carbocycles. The van der Waals surface area contributed by atoms with Gasteiger partial charge in [0.2, 0.25) is 11.8 Å². The van der Waals surface area contributed by atoms with Gasteiger partial charge in [-0.25, -0.2) is 4.98 Å². The van der Waals surface area contributed by atoms with Crippen molar-refractivity contribution in [2.75, 3.05) is 26.3 Å². The number of aromatic nitrogens is 2. The van der Waals surface area contributed by atoms with Crippen LogP contribution < -0.4 is 4.74 Å². The Bertz CT molecular complexity index is 503. The lowest BCUT2D eigenvalue weighted by atomic mass is 9.99. The Morgan fingerprint density at radius 1 is 1.38 bits per heavy atom. The summed E-state index contributed by atoms with van der Waals surface area (Å²) in [6.07, 6.45) is 4.26. The number of carbonyl (C=O) groups is 1. The van der Waals surface area contributed by atoms with Crippen molar-refractivity contribution >= 4 is 5.91 Å². The number of ether oxygens (including phenoxy) is 2. The number of amides is 1. The molecule has 21 heavy (non-hydrogen) atoms. The van der Waals surface area contributed by atoms with Gasteiger partial charge in [0.05, 0.1) is 6.54 Å². The summed E-state index contributed by atoms with van der Waals surface area (Å²) in [4.78, 5) is 22.7. The van der Waals surface area contributed by atoms with Crippen molar-refractivity contribution in [3.8, 4) is 5.88 Å². The van der Waals surface area contributed by atoms with Crippen molar-refractivity contribution in [3.05, 3.63) is 18.1 Å². The van der Waals surface area contributed by atoms with E-state index < -0.39 is 0 Å². The lowest BCUT2D eigenvalue weighted by molar-refractivity contribution is -0.137. The summed E-state index contributed by atoms with van der Waals surface area (Å²) in [5.74, 6) is 1.66. The van der Waals surface area contributed by atoms with Gasteiger partial charge >= 0.3 is 0 Å². The van der Waals surface area contributed by atoms with Crippen LogP contribution in [0.4, 0.5) is 0 Å². The smallest absolute Gasteiger partial charge is 0.225 e. The van der Waals surface area contributed by atoms with Crippen LogP contribution in [0.2, 0.25) is 0 Å². The summed E-state index contributed by atoms with van der Waals surface area (Å²) in [5.41, 5.74) is 0. The Hall–Kier alpha value is -1.69. The van der Waals surface area contributed by atoms with Gasteiger partial charge in [-0.05, 0) is 19.8 Å². The van der Waals surface area contributed by atoms with Gasteiger partial charge in [0.1, 0.15) is 11.9 Å². The fourth-order valence-corrected chi connectivity index (χ4v) is 2.90. The molecule has 0 bridgehead atoms. The third-order valence-corrected chi connectivity index (χ3v) is 4.07. The van der Waals surface area contributed by atoms with E-state index in [1.165, 1.54) is 0 Å². The average Bonchev–Trinajstić information content (AvgIpc) is 2.96. The molecule has 0 radical (unpaired) electrons. The molecule has 6 heteroatoms. The average molecular weight is 291 g/mol. The number of carbonyl (C=O) groups excluding carboxylic acids is 1. The number of nitrogens with zero attached hydrogens (tertiary/aromatic N) is 3. The summed E-state index contributed by atoms with van der Waals surface area (Å²) in [7, 11) is 0. The zero-order chi connectivity index (χ0) is 14.7. The second-order valence-electron chi connectivity index (χ2n) is 5.64. The van der Waals surface area contributed by atoms with Crippen LogP contribution in [0.1, 0.15) is 25.1 Å². The van der Waals surface area contributed by atoms with E-state index in [-0.39, 0.29) is 17.9 Å². The molecule has 2 fully saturated rings. The van der Waals surface area contributed by atoms with E-state index in [1.54, 1.807) is 12.3 Å². The maximum atomic E-state index is 12.4. The zero-order valence-corrected chi connectivity index (χ0v) is 12.3. The van der Waals surface area contributed by atoms with Crippen LogP contribution in [-0.2, 0) is 9.53 Å². The Kier molecular flexibility index (Phi) is 4.34. The molecule has 1 atom stereocenters. The molecule has 1 unspecified atom stereocenters. The molecule has 3 heterocycles. The first kappa shape index (κ1) is 14.3. The van der Waals surface area contributed by atoms with Crippen LogP contribution in [0.15, 0.2) is 12.3 Å². The van der Waals surface area contributed by atoms with Crippen molar-refractivity contribution in [2.24, 2.45) is 5.92 Å². The quantitative estimate of drug-likeness (QED) is 0.837. The highest BCUT2D eigenvalue weighted by molar-refractivity contribution is 5.79. The van der Waals surface area contributed by atoms with Crippen molar-refractivity contribution in [1.29, 1.82) is 0 Å². The minimum Gasteiger partial charge on any atom is -0.472 e. The molecule has 1 aromatic rings. The van der Waals surface area contributed by atoms with Crippen LogP contribution >= 0.6 is 0 Å². The Morgan fingerprint density at radius 3 is 2.95 bits per heavy atom. The van der Waals surface area contributed by atoms with E-state index in [0.29, 0.717) is 31.5 Å². The molecule has 2 aliphatic rings. The van der Waals surface area contributed by atoms with Gasteiger partial charge in [0.25, 0.3) is 0 Å². The van der Waals surface area contributed by atoms with Gasteiger partial charge in [-0.1, -0.05) is 0 Å². The molecule has 2 aliphatic heterocycles. The van der Waals surface area contributed by atoms with E-state index in [0.717, 1.165) is 25.8 Å². The molecule has 0 N–H and O–H groups in total. The lowest BCUT2D eigenvalue weighted by Gasteiger charge is -2.26. The van der Waals surface area contributed by atoms with Crippen LogP contribution in [0.25, 0.3) is 0 Å². The van der Waals surface area contributed by atoms with Gasteiger partial charge in [-0.2, -0.15) is 4.98 Å². The van der Waals surface area contributed by atoms with E-state index in [9.17, 15) is 4.79 Å². The summed E-state index contributed by atoms with van der Waals surface area (Å²) in [5, 5.41) is 0. The molecule has 0 aliphatic carbocycles. The Balaban J connectivity index is 1.54. The van der Waals surface area contributed by atoms with E-state index in [1.807, 2.05) is 11.8 Å². The maximum absolute atomic E-state index is 12.4. The zero-order valence-electron chi connectivity index (χ0n) is 12.3. The molecule has 0 aromatic carbocycles. The second-order valence-corrected chi connectivity index (χ2v) is 5.64. The summed E-state index contributed by atoms with van der Waals surface area (Å²) in [6, 6.07) is 1.76. The van der Waals surface area contributed by atoms with Gasteiger partial charge in [0, 0.05) is 44.4 Å². The number of hydrogen-bond donors (Lipinski definition) is 0. The van der Waals surface area contributed by atoms with Gasteiger partial charge in [0.15, 0.2) is 0 Å². The van der Waals surface area contributed by atoms with Crippen LogP contribution in [0.3, 0.4) is 0 Å². The highest BCUT2D eigenvalue weighted by Crippen LogP contribution is 2.22. The van der Waals surface area contributed by atoms with Gasteiger partial charge in [-0.3, -0.25) is 4.79 Å².